The quantitative estimate of drug-likeness (QED) is 0.590. The number of amides is 1. The minimum atomic E-state index is -2.89. The Morgan fingerprint density at radius 2 is 2.20 bits per heavy atom. The third kappa shape index (κ3) is 2.03. The summed E-state index contributed by atoms with van der Waals surface area (Å²) >= 11 is 1.40. The summed E-state index contributed by atoms with van der Waals surface area (Å²) in [4.78, 5) is 16.5. The fourth-order valence-corrected chi connectivity index (χ4v) is 5.91. The van der Waals surface area contributed by atoms with Gasteiger partial charge in [-0.3, -0.25) is 4.79 Å². The lowest BCUT2D eigenvalue weighted by atomic mass is 10.2. The zero-order valence-electron chi connectivity index (χ0n) is 8.50. The highest BCUT2D eigenvalue weighted by molar-refractivity contribution is 8.15. The van der Waals surface area contributed by atoms with Crippen molar-refractivity contribution in [1.29, 1.82) is 0 Å². The lowest BCUT2D eigenvalue weighted by Gasteiger charge is -2.17. The predicted molar refractivity (Wildman–Crippen MR) is 59.7 cm³/mol. The maximum absolute atomic E-state index is 11.4. The Balaban J connectivity index is 2.22. The Bertz CT molecular complexity index is 429. The number of thioether (sulfide) groups is 1. The van der Waals surface area contributed by atoms with Crippen molar-refractivity contribution in [2.75, 3.05) is 18.6 Å². The summed E-state index contributed by atoms with van der Waals surface area (Å²) in [7, 11) is -1.10. The van der Waals surface area contributed by atoms with Gasteiger partial charge in [-0.2, -0.15) is 4.99 Å². The van der Waals surface area contributed by atoms with E-state index in [4.69, 9.17) is 0 Å². The molecule has 2 aliphatic rings. The first-order valence-corrected chi connectivity index (χ1v) is 7.28. The number of hydrogen-bond acceptors (Lipinski definition) is 4. The Kier molecular flexibility index (Phi) is 2.54. The molecule has 0 radical (unpaired) electrons. The van der Waals surface area contributed by atoms with Gasteiger partial charge in [0.05, 0.1) is 17.5 Å². The number of carbonyl (C=O) groups excluding carboxylic acids is 1. The molecule has 84 valence electrons. The molecule has 0 saturated carbocycles. The molecule has 0 aliphatic carbocycles. The number of aliphatic imine (C=N–C) groups is 1. The maximum atomic E-state index is 11.4. The van der Waals surface area contributed by atoms with Crippen molar-refractivity contribution in [1.82, 2.24) is 4.90 Å². The summed E-state index contributed by atoms with van der Waals surface area (Å²) in [5.74, 6) is 0.133. The zero-order valence-corrected chi connectivity index (χ0v) is 10.1. The topological polar surface area (TPSA) is 66.8 Å². The van der Waals surface area contributed by atoms with Crippen molar-refractivity contribution in [3.63, 3.8) is 0 Å². The van der Waals surface area contributed by atoms with E-state index in [9.17, 15) is 13.2 Å². The second kappa shape index (κ2) is 3.48. The molecule has 0 aromatic rings. The van der Waals surface area contributed by atoms with Gasteiger partial charge in [0.2, 0.25) is 5.91 Å². The van der Waals surface area contributed by atoms with Gasteiger partial charge in [-0.1, -0.05) is 11.8 Å². The molecule has 2 heterocycles. The van der Waals surface area contributed by atoms with E-state index in [-0.39, 0.29) is 28.7 Å². The summed E-state index contributed by atoms with van der Waals surface area (Å²) in [6.45, 7) is 1.40. The fourth-order valence-electron chi connectivity index (χ4n) is 1.87. The standard InChI is InChI=1S/C8H12N2O3S2/c1-5(11)9-8-10(2)6-3-15(12,13)4-7(6)14-8/h6-7H,3-4H2,1-2H3/t6-,7-/m1/s1. The number of carbonyl (C=O) groups is 1. The Labute approximate surface area is 92.8 Å². The van der Waals surface area contributed by atoms with E-state index in [1.807, 2.05) is 0 Å². The average molecular weight is 248 g/mol. The molecule has 0 aromatic carbocycles. The van der Waals surface area contributed by atoms with Crippen LogP contribution in [0.1, 0.15) is 6.92 Å². The zero-order chi connectivity index (χ0) is 11.2. The molecule has 7 heteroatoms. The number of amidine groups is 1. The third-order valence-corrected chi connectivity index (χ3v) is 5.88. The van der Waals surface area contributed by atoms with Gasteiger partial charge in [0.1, 0.15) is 0 Å². The Morgan fingerprint density at radius 1 is 1.53 bits per heavy atom. The second-order valence-corrected chi connectivity index (χ2v) is 7.19. The van der Waals surface area contributed by atoms with Crippen molar-refractivity contribution in [3.05, 3.63) is 0 Å². The van der Waals surface area contributed by atoms with Crippen LogP contribution in [0.2, 0.25) is 0 Å². The van der Waals surface area contributed by atoms with Crippen LogP contribution >= 0.6 is 11.8 Å². The molecular formula is C8H12N2O3S2. The number of hydrogen-bond donors (Lipinski definition) is 0. The van der Waals surface area contributed by atoms with E-state index < -0.39 is 9.84 Å². The van der Waals surface area contributed by atoms with E-state index in [0.717, 1.165) is 0 Å². The van der Waals surface area contributed by atoms with Crippen LogP contribution in [0.4, 0.5) is 0 Å². The molecule has 0 unspecified atom stereocenters. The lowest BCUT2D eigenvalue weighted by Crippen LogP contribution is -2.33. The van der Waals surface area contributed by atoms with Gasteiger partial charge in [0, 0.05) is 19.2 Å². The molecule has 0 spiro atoms. The van der Waals surface area contributed by atoms with Gasteiger partial charge in [-0.25, -0.2) is 8.42 Å². The van der Waals surface area contributed by atoms with Crippen molar-refractivity contribution < 1.29 is 13.2 Å². The molecule has 2 fully saturated rings. The fraction of sp³-hybridized carbons (Fsp3) is 0.750. The van der Waals surface area contributed by atoms with Crippen LogP contribution in [-0.4, -0.2) is 54.2 Å². The molecule has 2 aliphatic heterocycles. The first-order chi connectivity index (χ1) is 6.89. The summed E-state index contributed by atoms with van der Waals surface area (Å²) < 4.78 is 22.7. The van der Waals surface area contributed by atoms with Crippen LogP contribution in [0.3, 0.4) is 0 Å². The minimum absolute atomic E-state index is 0.0156. The Hall–Kier alpha value is -0.560. The summed E-state index contributed by atoms with van der Waals surface area (Å²) in [6.07, 6.45) is 0. The van der Waals surface area contributed by atoms with E-state index in [0.29, 0.717) is 5.17 Å². The molecule has 0 aromatic heterocycles. The van der Waals surface area contributed by atoms with E-state index in [1.165, 1.54) is 18.7 Å². The molecule has 2 atom stereocenters. The van der Waals surface area contributed by atoms with Crippen LogP contribution in [-0.2, 0) is 14.6 Å². The van der Waals surface area contributed by atoms with Gasteiger partial charge < -0.3 is 4.90 Å². The highest BCUT2D eigenvalue weighted by atomic mass is 32.2. The largest absolute Gasteiger partial charge is 0.349 e. The first kappa shape index (κ1) is 10.9. The summed E-state index contributed by atoms with van der Waals surface area (Å²) in [6, 6.07) is -0.0156. The number of rotatable bonds is 0. The van der Waals surface area contributed by atoms with Gasteiger partial charge in [0.15, 0.2) is 15.0 Å². The molecule has 2 saturated heterocycles. The van der Waals surface area contributed by atoms with Crippen LogP contribution < -0.4 is 0 Å². The highest BCUT2D eigenvalue weighted by Crippen LogP contribution is 2.36. The molecule has 1 amide bonds. The molecule has 15 heavy (non-hydrogen) atoms. The van der Waals surface area contributed by atoms with Crippen molar-refractivity contribution in [2.45, 2.75) is 18.2 Å². The van der Waals surface area contributed by atoms with E-state index >= 15 is 0 Å². The smallest absolute Gasteiger partial charge is 0.244 e. The Morgan fingerprint density at radius 3 is 2.73 bits per heavy atom. The van der Waals surface area contributed by atoms with Gasteiger partial charge in [0.25, 0.3) is 0 Å². The second-order valence-electron chi connectivity index (χ2n) is 3.82. The monoisotopic (exact) mass is 248 g/mol. The summed E-state index contributed by atoms with van der Waals surface area (Å²) in [5, 5.41) is 0.686. The molecule has 0 N–H and O–H groups in total. The lowest BCUT2D eigenvalue weighted by molar-refractivity contribution is -0.115. The molecular weight excluding hydrogens is 236 g/mol. The van der Waals surface area contributed by atoms with Gasteiger partial charge in [-0.05, 0) is 0 Å². The maximum Gasteiger partial charge on any atom is 0.244 e. The van der Waals surface area contributed by atoms with Crippen LogP contribution in [0.5, 0.6) is 0 Å². The SMILES string of the molecule is CC(=O)N=C1S[C@@H]2CS(=O)(=O)C[C@H]2N1C. The van der Waals surface area contributed by atoms with E-state index in [2.05, 4.69) is 4.99 Å². The average Bonchev–Trinajstić information content (AvgIpc) is 2.48. The highest BCUT2D eigenvalue weighted by Gasteiger charge is 2.47. The van der Waals surface area contributed by atoms with Crippen LogP contribution in [0, 0.1) is 0 Å². The first-order valence-electron chi connectivity index (χ1n) is 4.58. The molecule has 0 bridgehead atoms. The number of fused-ring (bicyclic) bond motifs is 1. The van der Waals surface area contributed by atoms with Gasteiger partial charge in [-0.15, -0.1) is 0 Å². The van der Waals surface area contributed by atoms with E-state index in [1.54, 1.807) is 11.9 Å². The van der Waals surface area contributed by atoms with Crippen molar-refractivity contribution in [3.8, 4) is 0 Å². The van der Waals surface area contributed by atoms with Crippen LogP contribution in [0.25, 0.3) is 0 Å². The van der Waals surface area contributed by atoms with Crippen LogP contribution in [0.15, 0.2) is 4.99 Å². The van der Waals surface area contributed by atoms with Crippen molar-refractivity contribution >= 4 is 32.7 Å². The summed E-state index contributed by atoms with van der Waals surface area (Å²) in [5.41, 5.74) is 0. The minimum Gasteiger partial charge on any atom is -0.349 e. The predicted octanol–water partition coefficient (Wildman–Crippen LogP) is -0.267. The molecule has 2 rings (SSSR count). The van der Waals surface area contributed by atoms with Gasteiger partial charge >= 0.3 is 0 Å². The number of nitrogens with zero attached hydrogens (tertiary/aromatic N) is 2. The normalized spacial score (nSPS) is 35.9. The number of sulfone groups is 1. The molecule has 5 nitrogen and oxygen atoms in total. The van der Waals surface area contributed by atoms with Crippen molar-refractivity contribution in [2.24, 2.45) is 4.99 Å². The third-order valence-electron chi connectivity index (χ3n) is 2.58.